The molecule has 4 nitrogen and oxygen atoms in total. The normalized spacial score (nSPS) is 15.2. The molecule has 0 spiro atoms. The molecule has 2 aromatic rings. The SMILES string of the molecule is Cc1ccc2c(CN(CCO)C3CC3)cc(=O)oc2c1. The highest BCUT2D eigenvalue weighted by Crippen LogP contribution is 2.29. The number of nitrogens with zero attached hydrogens (tertiary/aromatic N) is 1. The number of benzene rings is 1. The molecule has 1 N–H and O–H groups in total. The van der Waals surface area contributed by atoms with Gasteiger partial charge in [0.2, 0.25) is 0 Å². The Morgan fingerprint density at radius 3 is 2.85 bits per heavy atom. The van der Waals surface area contributed by atoms with Crippen molar-refractivity contribution in [2.45, 2.75) is 32.4 Å². The fourth-order valence-electron chi connectivity index (χ4n) is 2.65. The van der Waals surface area contributed by atoms with E-state index in [2.05, 4.69) is 4.90 Å². The Hall–Kier alpha value is -1.65. The summed E-state index contributed by atoms with van der Waals surface area (Å²) in [6.07, 6.45) is 2.36. The fourth-order valence-corrected chi connectivity index (χ4v) is 2.65. The Kier molecular flexibility index (Phi) is 3.59. The van der Waals surface area contributed by atoms with Crippen molar-refractivity contribution in [3.05, 3.63) is 45.8 Å². The van der Waals surface area contributed by atoms with Crippen molar-refractivity contribution >= 4 is 11.0 Å². The van der Waals surface area contributed by atoms with Crippen molar-refractivity contribution in [1.82, 2.24) is 4.90 Å². The summed E-state index contributed by atoms with van der Waals surface area (Å²) in [7, 11) is 0. The summed E-state index contributed by atoms with van der Waals surface area (Å²) in [6, 6.07) is 8.06. The Labute approximate surface area is 117 Å². The molecule has 1 saturated carbocycles. The average Bonchev–Trinajstić information content (AvgIpc) is 3.21. The fraction of sp³-hybridized carbons (Fsp3) is 0.438. The molecule has 0 aliphatic heterocycles. The molecule has 1 heterocycles. The highest BCUT2D eigenvalue weighted by Gasteiger charge is 2.28. The minimum Gasteiger partial charge on any atom is -0.423 e. The van der Waals surface area contributed by atoms with E-state index in [0.29, 0.717) is 24.7 Å². The molecule has 106 valence electrons. The van der Waals surface area contributed by atoms with Crippen LogP contribution in [0.5, 0.6) is 0 Å². The largest absolute Gasteiger partial charge is 0.423 e. The summed E-state index contributed by atoms with van der Waals surface area (Å²) >= 11 is 0. The van der Waals surface area contributed by atoms with E-state index in [1.54, 1.807) is 6.07 Å². The second-order valence-electron chi connectivity index (χ2n) is 5.52. The van der Waals surface area contributed by atoms with Gasteiger partial charge >= 0.3 is 5.63 Å². The summed E-state index contributed by atoms with van der Waals surface area (Å²) < 4.78 is 5.28. The van der Waals surface area contributed by atoms with Gasteiger partial charge in [0.15, 0.2) is 0 Å². The minimum atomic E-state index is -0.308. The van der Waals surface area contributed by atoms with Crippen molar-refractivity contribution in [3.8, 4) is 0 Å². The van der Waals surface area contributed by atoms with Gasteiger partial charge in [-0.2, -0.15) is 0 Å². The van der Waals surface area contributed by atoms with E-state index >= 15 is 0 Å². The number of aliphatic hydroxyl groups is 1. The van der Waals surface area contributed by atoms with Crippen LogP contribution in [0.1, 0.15) is 24.0 Å². The van der Waals surface area contributed by atoms with E-state index < -0.39 is 0 Å². The predicted octanol–water partition coefficient (Wildman–Crippen LogP) is 2.06. The van der Waals surface area contributed by atoms with Gasteiger partial charge in [-0.3, -0.25) is 4.90 Å². The maximum Gasteiger partial charge on any atom is 0.336 e. The molecule has 1 aromatic carbocycles. The first kappa shape index (κ1) is 13.3. The van der Waals surface area contributed by atoms with Gasteiger partial charge in [0.05, 0.1) is 6.61 Å². The Morgan fingerprint density at radius 1 is 1.35 bits per heavy atom. The van der Waals surface area contributed by atoms with Crippen molar-refractivity contribution in [1.29, 1.82) is 0 Å². The van der Waals surface area contributed by atoms with Crippen LogP contribution in [0.2, 0.25) is 0 Å². The second-order valence-corrected chi connectivity index (χ2v) is 5.52. The van der Waals surface area contributed by atoms with Crippen LogP contribution in [-0.4, -0.2) is 29.2 Å². The standard InChI is InChI=1S/C16H19NO3/c1-11-2-5-14-12(9-16(19)20-15(14)8-11)10-17(6-7-18)13-3-4-13/h2,5,8-9,13,18H,3-4,6-7,10H2,1H3. The molecule has 1 fully saturated rings. The van der Waals surface area contributed by atoms with E-state index in [1.807, 2.05) is 25.1 Å². The molecular formula is C16H19NO3. The molecule has 0 radical (unpaired) electrons. The third-order valence-electron chi connectivity index (χ3n) is 3.81. The summed E-state index contributed by atoms with van der Waals surface area (Å²) in [5.41, 5.74) is 2.40. The quantitative estimate of drug-likeness (QED) is 0.847. The number of fused-ring (bicyclic) bond motifs is 1. The topological polar surface area (TPSA) is 53.7 Å². The van der Waals surface area contributed by atoms with E-state index in [-0.39, 0.29) is 12.2 Å². The Bertz CT molecular complexity index is 673. The third kappa shape index (κ3) is 2.76. The van der Waals surface area contributed by atoms with E-state index in [1.165, 1.54) is 12.8 Å². The van der Waals surface area contributed by atoms with Crippen molar-refractivity contribution in [2.75, 3.05) is 13.2 Å². The lowest BCUT2D eigenvalue weighted by Gasteiger charge is -2.21. The first-order valence-electron chi connectivity index (χ1n) is 7.05. The van der Waals surface area contributed by atoms with Gasteiger partial charge in [-0.05, 0) is 37.0 Å². The number of hydrogen-bond donors (Lipinski definition) is 1. The highest BCUT2D eigenvalue weighted by molar-refractivity contribution is 5.80. The number of hydrogen-bond acceptors (Lipinski definition) is 4. The molecule has 0 saturated heterocycles. The summed E-state index contributed by atoms with van der Waals surface area (Å²) in [6.45, 7) is 3.47. The third-order valence-corrected chi connectivity index (χ3v) is 3.81. The van der Waals surface area contributed by atoms with Crippen molar-refractivity contribution < 1.29 is 9.52 Å². The minimum absolute atomic E-state index is 0.148. The van der Waals surface area contributed by atoms with Crippen molar-refractivity contribution in [3.63, 3.8) is 0 Å². The van der Waals surface area contributed by atoms with Gasteiger partial charge in [-0.15, -0.1) is 0 Å². The van der Waals surface area contributed by atoms with Crippen LogP contribution in [0.3, 0.4) is 0 Å². The average molecular weight is 273 g/mol. The lowest BCUT2D eigenvalue weighted by Crippen LogP contribution is -2.29. The van der Waals surface area contributed by atoms with Crippen LogP contribution >= 0.6 is 0 Å². The highest BCUT2D eigenvalue weighted by atomic mass is 16.4. The van der Waals surface area contributed by atoms with Crippen LogP contribution in [0.15, 0.2) is 33.5 Å². The number of aliphatic hydroxyl groups excluding tert-OH is 1. The molecule has 0 bridgehead atoms. The summed E-state index contributed by atoms with van der Waals surface area (Å²) in [4.78, 5) is 13.9. The molecule has 1 aliphatic carbocycles. The molecule has 20 heavy (non-hydrogen) atoms. The zero-order valence-corrected chi connectivity index (χ0v) is 11.6. The van der Waals surface area contributed by atoms with Gasteiger partial charge in [0.25, 0.3) is 0 Å². The van der Waals surface area contributed by atoms with Gasteiger partial charge in [-0.1, -0.05) is 12.1 Å². The van der Waals surface area contributed by atoms with Crippen LogP contribution in [0.25, 0.3) is 11.0 Å². The van der Waals surface area contributed by atoms with Gasteiger partial charge < -0.3 is 9.52 Å². The lowest BCUT2D eigenvalue weighted by atomic mass is 10.1. The maximum absolute atomic E-state index is 11.7. The Morgan fingerprint density at radius 2 is 2.15 bits per heavy atom. The monoisotopic (exact) mass is 273 g/mol. The first-order chi connectivity index (χ1) is 9.67. The van der Waals surface area contributed by atoms with Gasteiger partial charge in [-0.25, -0.2) is 4.79 Å². The van der Waals surface area contributed by atoms with E-state index in [9.17, 15) is 9.90 Å². The molecule has 3 rings (SSSR count). The molecular weight excluding hydrogens is 254 g/mol. The summed E-state index contributed by atoms with van der Waals surface area (Å²) in [5, 5.41) is 10.2. The van der Waals surface area contributed by atoms with Gasteiger partial charge in [0, 0.05) is 30.6 Å². The molecule has 0 atom stereocenters. The molecule has 1 aromatic heterocycles. The second kappa shape index (κ2) is 5.38. The smallest absolute Gasteiger partial charge is 0.336 e. The Balaban J connectivity index is 1.99. The summed E-state index contributed by atoms with van der Waals surface area (Å²) in [5.74, 6) is 0. The first-order valence-corrected chi connectivity index (χ1v) is 7.05. The maximum atomic E-state index is 11.7. The zero-order chi connectivity index (χ0) is 14.1. The lowest BCUT2D eigenvalue weighted by molar-refractivity contribution is 0.183. The van der Waals surface area contributed by atoms with Crippen molar-refractivity contribution in [2.24, 2.45) is 0 Å². The van der Waals surface area contributed by atoms with E-state index in [0.717, 1.165) is 16.5 Å². The molecule has 4 heteroatoms. The van der Waals surface area contributed by atoms with Crippen LogP contribution in [-0.2, 0) is 6.54 Å². The van der Waals surface area contributed by atoms with Crippen LogP contribution < -0.4 is 5.63 Å². The number of rotatable bonds is 5. The van der Waals surface area contributed by atoms with E-state index in [4.69, 9.17) is 4.42 Å². The van der Waals surface area contributed by atoms with Gasteiger partial charge in [0.1, 0.15) is 5.58 Å². The van der Waals surface area contributed by atoms with Crippen LogP contribution in [0, 0.1) is 6.92 Å². The molecule has 0 amide bonds. The van der Waals surface area contributed by atoms with Crippen LogP contribution in [0.4, 0.5) is 0 Å². The molecule has 0 unspecified atom stereocenters. The zero-order valence-electron chi connectivity index (χ0n) is 11.6. The predicted molar refractivity (Wildman–Crippen MR) is 77.7 cm³/mol. The number of aryl methyl sites for hydroxylation is 1. The molecule has 1 aliphatic rings.